The molecule has 0 radical (unpaired) electrons. The Bertz CT molecular complexity index is 741. The van der Waals surface area contributed by atoms with Crippen LogP contribution in [0.15, 0.2) is 48.7 Å². The summed E-state index contributed by atoms with van der Waals surface area (Å²) < 4.78 is 2.48. The molecule has 0 spiro atoms. The second kappa shape index (κ2) is 4.78. The zero-order valence-electron chi connectivity index (χ0n) is 10.4. The number of pyridine rings is 1. The lowest BCUT2D eigenvalue weighted by molar-refractivity contribution is 1.03. The van der Waals surface area contributed by atoms with Crippen LogP contribution in [-0.2, 0) is 0 Å². The van der Waals surface area contributed by atoms with Crippen molar-refractivity contribution < 1.29 is 0 Å². The van der Waals surface area contributed by atoms with Gasteiger partial charge in [0.1, 0.15) is 0 Å². The average Bonchev–Trinajstić information content (AvgIpc) is 2.82. The van der Waals surface area contributed by atoms with Crippen molar-refractivity contribution in [2.45, 2.75) is 6.92 Å². The van der Waals surface area contributed by atoms with Crippen molar-refractivity contribution in [1.82, 2.24) is 19.7 Å². The first-order valence-electron chi connectivity index (χ1n) is 5.91. The van der Waals surface area contributed by atoms with Gasteiger partial charge >= 0.3 is 0 Å². The van der Waals surface area contributed by atoms with Crippen molar-refractivity contribution in [3.05, 3.63) is 59.1 Å². The molecule has 0 unspecified atom stereocenters. The van der Waals surface area contributed by atoms with Gasteiger partial charge in [0.2, 0.25) is 0 Å². The van der Waals surface area contributed by atoms with Gasteiger partial charge in [-0.2, -0.15) is 5.10 Å². The van der Waals surface area contributed by atoms with Crippen LogP contribution in [0.2, 0.25) is 0 Å². The van der Waals surface area contributed by atoms with Crippen LogP contribution in [0.1, 0.15) is 5.69 Å². The van der Waals surface area contributed by atoms with Crippen LogP contribution < -0.4 is 0 Å². The first kappa shape index (κ1) is 11.8. The van der Waals surface area contributed by atoms with Crippen LogP contribution in [0.3, 0.4) is 0 Å². The molecular weight excluding hydrogens is 256 g/mol. The van der Waals surface area contributed by atoms with Crippen LogP contribution in [-0.4, -0.2) is 19.7 Å². The highest BCUT2D eigenvalue weighted by Crippen LogP contribution is 2.20. The van der Waals surface area contributed by atoms with E-state index in [2.05, 4.69) is 15.2 Å². The third-order valence-corrected chi connectivity index (χ3v) is 3.13. The molecule has 2 heterocycles. The van der Waals surface area contributed by atoms with Gasteiger partial charge in [-0.1, -0.05) is 18.2 Å². The molecular formula is C14H12N4S. The van der Waals surface area contributed by atoms with Crippen molar-refractivity contribution in [2.24, 2.45) is 0 Å². The van der Waals surface area contributed by atoms with Crippen molar-refractivity contribution in [1.29, 1.82) is 0 Å². The Labute approximate surface area is 115 Å². The molecule has 94 valence electrons. The highest BCUT2D eigenvalue weighted by molar-refractivity contribution is 7.71. The molecule has 0 fully saturated rings. The summed E-state index contributed by atoms with van der Waals surface area (Å²) >= 11 is 5.31. The predicted octanol–water partition coefficient (Wildman–Crippen LogP) is 3.30. The molecule has 4 nitrogen and oxygen atoms in total. The first-order valence-corrected chi connectivity index (χ1v) is 6.32. The number of aromatic amines is 1. The number of hydrogen-bond donors (Lipinski definition) is 1. The Morgan fingerprint density at radius 2 is 1.89 bits per heavy atom. The lowest BCUT2D eigenvalue weighted by Crippen LogP contribution is -1.97. The largest absolute Gasteiger partial charge is 0.268 e. The molecule has 0 bridgehead atoms. The van der Waals surface area contributed by atoms with Crippen LogP contribution in [0, 0.1) is 11.7 Å². The zero-order chi connectivity index (χ0) is 13.2. The maximum Gasteiger partial charge on any atom is 0.200 e. The topological polar surface area (TPSA) is 46.5 Å². The number of hydrogen-bond acceptors (Lipinski definition) is 3. The number of nitrogens with one attached hydrogen (secondary N) is 1. The predicted molar refractivity (Wildman–Crippen MR) is 76.7 cm³/mol. The molecule has 5 heteroatoms. The highest BCUT2D eigenvalue weighted by atomic mass is 32.1. The maximum absolute atomic E-state index is 5.31. The molecule has 1 N–H and O–H groups in total. The minimum atomic E-state index is 0.571. The Morgan fingerprint density at radius 3 is 2.58 bits per heavy atom. The molecule has 0 atom stereocenters. The monoisotopic (exact) mass is 268 g/mol. The second-order valence-corrected chi connectivity index (χ2v) is 4.60. The summed E-state index contributed by atoms with van der Waals surface area (Å²) in [6, 6.07) is 13.9. The summed E-state index contributed by atoms with van der Waals surface area (Å²) in [4.78, 5) is 4.30. The Hall–Kier alpha value is -2.27. The van der Waals surface area contributed by atoms with Gasteiger partial charge in [0.15, 0.2) is 10.6 Å². The van der Waals surface area contributed by atoms with E-state index >= 15 is 0 Å². The van der Waals surface area contributed by atoms with Crippen molar-refractivity contribution >= 4 is 12.2 Å². The molecule has 0 amide bonds. The van der Waals surface area contributed by atoms with Gasteiger partial charge in [0.05, 0.1) is 0 Å². The number of benzene rings is 1. The molecule has 0 aliphatic carbocycles. The molecule has 0 aliphatic heterocycles. The quantitative estimate of drug-likeness (QED) is 0.725. The van der Waals surface area contributed by atoms with Gasteiger partial charge in [0.25, 0.3) is 0 Å². The molecule has 1 aromatic carbocycles. The normalized spacial score (nSPS) is 10.6. The van der Waals surface area contributed by atoms with E-state index in [0.29, 0.717) is 4.77 Å². The Morgan fingerprint density at radius 1 is 1.11 bits per heavy atom. The average molecular weight is 268 g/mol. The van der Waals surface area contributed by atoms with Crippen molar-refractivity contribution in [3.63, 3.8) is 0 Å². The standard InChI is InChI=1S/C14H12N4S/c1-10-7-8-11(9-15-10)13-16-17-14(19)18(13)12-5-3-2-4-6-12/h2-9H,1H3,(H,17,19). The van der Waals surface area contributed by atoms with Gasteiger partial charge in [-0.25, -0.2) is 0 Å². The van der Waals surface area contributed by atoms with Crippen molar-refractivity contribution in [3.8, 4) is 17.1 Å². The van der Waals surface area contributed by atoms with Crippen LogP contribution in [0.4, 0.5) is 0 Å². The molecule has 0 aliphatic rings. The minimum Gasteiger partial charge on any atom is -0.268 e. The first-order chi connectivity index (χ1) is 9.25. The van der Waals surface area contributed by atoms with E-state index in [9.17, 15) is 0 Å². The third kappa shape index (κ3) is 2.20. The van der Waals surface area contributed by atoms with E-state index in [0.717, 1.165) is 22.8 Å². The molecule has 19 heavy (non-hydrogen) atoms. The fourth-order valence-corrected chi connectivity index (χ4v) is 2.14. The summed E-state index contributed by atoms with van der Waals surface area (Å²) in [6.07, 6.45) is 1.81. The molecule has 0 saturated heterocycles. The van der Waals surface area contributed by atoms with Gasteiger partial charge in [0, 0.05) is 23.1 Å². The second-order valence-electron chi connectivity index (χ2n) is 4.21. The van der Waals surface area contributed by atoms with Gasteiger partial charge in [-0.3, -0.25) is 14.6 Å². The third-order valence-electron chi connectivity index (χ3n) is 2.86. The van der Waals surface area contributed by atoms with Crippen LogP contribution in [0.5, 0.6) is 0 Å². The maximum atomic E-state index is 5.31. The summed E-state index contributed by atoms with van der Waals surface area (Å²) in [5.41, 5.74) is 2.89. The molecule has 3 aromatic rings. The fraction of sp³-hybridized carbons (Fsp3) is 0.0714. The molecule has 0 saturated carbocycles. The smallest absolute Gasteiger partial charge is 0.200 e. The molecule has 3 rings (SSSR count). The van der Waals surface area contributed by atoms with Crippen LogP contribution >= 0.6 is 12.2 Å². The lowest BCUT2D eigenvalue weighted by atomic mass is 10.2. The molecule has 2 aromatic heterocycles. The summed E-state index contributed by atoms with van der Waals surface area (Å²) in [5.74, 6) is 0.767. The summed E-state index contributed by atoms with van der Waals surface area (Å²) in [6.45, 7) is 1.96. The summed E-state index contributed by atoms with van der Waals surface area (Å²) in [5, 5.41) is 7.13. The van der Waals surface area contributed by atoms with Gasteiger partial charge in [-0.15, -0.1) is 0 Å². The number of nitrogens with zero attached hydrogens (tertiary/aromatic N) is 3. The lowest BCUT2D eigenvalue weighted by Gasteiger charge is -2.06. The van der Waals surface area contributed by atoms with E-state index in [1.807, 2.05) is 54.0 Å². The SMILES string of the molecule is Cc1ccc(-c2n[nH]c(=S)n2-c2ccccc2)cn1. The van der Waals surface area contributed by atoms with E-state index in [1.54, 1.807) is 6.20 Å². The van der Waals surface area contributed by atoms with Gasteiger partial charge < -0.3 is 0 Å². The van der Waals surface area contributed by atoms with E-state index < -0.39 is 0 Å². The van der Waals surface area contributed by atoms with Crippen LogP contribution in [0.25, 0.3) is 17.1 Å². The fourth-order valence-electron chi connectivity index (χ4n) is 1.91. The minimum absolute atomic E-state index is 0.571. The van der Waals surface area contributed by atoms with Crippen molar-refractivity contribution in [2.75, 3.05) is 0 Å². The highest BCUT2D eigenvalue weighted by Gasteiger charge is 2.10. The van der Waals surface area contributed by atoms with E-state index in [-0.39, 0.29) is 0 Å². The van der Waals surface area contributed by atoms with E-state index in [4.69, 9.17) is 12.2 Å². The van der Waals surface area contributed by atoms with Gasteiger partial charge in [-0.05, 0) is 43.4 Å². The number of H-pyrrole nitrogens is 1. The summed E-state index contributed by atoms with van der Waals surface area (Å²) in [7, 11) is 0. The Balaban J connectivity index is 2.19. The number of rotatable bonds is 2. The number of aryl methyl sites for hydroxylation is 1. The number of aromatic nitrogens is 4. The number of para-hydroxylation sites is 1. The van der Waals surface area contributed by atoms with E-state index in [1.165, 1.54) is 0 Å². The Kier molecular flexibility index (Phi) is 2.97. The zero-order valence-corrected chi connectivity index (χ0v) is 11.2.